The summed E-state index contributed by atoms with van der Waals surface area (Å²) in [6, 6.07) is 5.68. The number of carbonyl (C=O) groups is 2. The predicted octanol–water partition coefficient (Wildman–Crippen LogP) is 5.57. The Morgan fingerprint density at radius 1 is 1.12 bits per heavy atom. The van der Waals surface area contributed by atoms with Crippen LogP contribution < -0.4 is 14.8 Å². The first-order chi connectivity index (χ1) is 16.2. The number of rotatable bonds is 6. The van der Waals surface area contributed by atoms with Crippen LogP contribution in [0.2, 0.25) is 0 Å². The van der Waals surface area contributed by atoms with Crippen molar-refractivity contribution in [2.24, 2.45) is 5.41 Å². The molecule has 0 aromatic heterocycles. The van der Waals surface area contributed by atoms with Gasteiger partial charge in [-0.1, -0.05) is 26.3 Å². The van der Waals surface area contributed by atoms with E-state index in [2.05, 4.69) is 19.2 Å². The van der Waals surface area contributed by atoms with Crippen molar-refractivity contribution in [3.63, 3.8) is 0 Å². The lowest BCUT2D eigenvalue weighted by atomic mass is 9.68. The standard InChI is InChI=1S/C28H37NO5/c1-6-33-22-13-12-18(14-23(22)32-5)25-24(27(31)34-19-10-8-7-9-11-19)17(2)29-20-15-28(3,4)16-21(30)26(20)25/h12-14,19,25,29H,6-11,15-16H2,1-5H3/t25-/m0/s1. The topological polar surface area (TPSA) is 73.9 Å². The summed E-state index contributed by atoms with van der Waals surface area (Å²) in [5.74, 6) is 0.466. The quantitative estimate of drug-likeness (QED) is 0.551. The Hall–Kier alpha value is -2.76. The van der Waals surface area contributed by atoms with Crippen LogP contribution in [0.15, 0.2) is 40.7 Å². The molecule has 6 nitrogen and oxygen atoms in total. The number of hydrogen-bond acceptors (Lipinski definition) is 6. The van der Waals surface area contributed by atoms with Gasteiger partial charge in [0.15, 0.2) is 17.3 Å². The lowest BCUT2D eigenvalue weighted by Gasteiger charge is -2.39. The smallest absolute Gasteiger partial charge is 0.337 e. The van der Waals surface area contributed by atoms with Gasteiger partial charge in [0.25, 0.3) is 0 Å². The summed E-state index contributed by atoms with van der Waals surface area (Å²) in [4.78, 5) is 27.1. The van der Waals surface area contributed by atoms with Crippen LogP contribution in [-0.4, -0.2) is 31.6 Å². The van der Waals surface area contributed by atoms with Crippen LogP contribution in [0, 0.1) is 5.41 Å². The van der Waals surface area contributed by atoms with Crippen molar-refractivity contribution >= 4 is 11.8 Å². The van der Waals surface area contributed by atoms with Crippen molar-refractivity contribution in [3.8, 4) is 11.5 Å². The molecule has 6 heteroatoms. The average molecular weight is 468 g/mol. The van der Waals surface area contributed by atoms with Crippen molar-refractivity contribution in [1.29, 1.82) is 0 Å². The summed E-state index contributed by atoms with van der Waals surface area (Å²) in [5.41, 5.74) is 3.55. The molecular weight excluding hydrogens is 430 g/mol. The van der Waals surface area contributed by atoms with Crippen molar-refractivity contribution < 1.29 is 23.8 Å². The molecule has 0 spiro atoms. The van der Waals surface area contributed by atoms with Gasteiger partial charge < -0.3 is 19.5 Å². The number of esters is 1. The van der Waals surface area contributed by atoms with Crippen LogP contribution in [-0.2, 0) is 14.3 Å². The molecule has 4 rings (SSSR count). The van der Waals surface area contributed by atoms with Gasteiger partial charge in [-0.05, 0) is 69.1 Å². The molecule has 1 N–H and O–H groups in total. The second-order valence-electron chi connectivity index (χ2n) is 10.4. The average Bonchev–Trinajstić information content (AvgIpc) is 2.78. The molecule has 0 radical (unpaired) electrons. The molecule has 1 aromatic rings. The summed E-state index contributed by atoms with van der Waals surface area (Å²) in [6.45, 7) is 8.57. The summed E-state index contributed by atoms with van der Waals surface area (Å²) in [7, 11) is 1.60. The molecule has 1 atom stereocenters. The van der Waals surface area contributed by atoms with E-state index in [1.807, 2.05) is 32.0 Å². The maximum absolute atomic E-state index is 13.6. The van der Waals surface area contributed by atoms with Crippen LogP contribution in [0.3, 0.4) is 0 Å². The molecule has 184 valence electrons. The molecule has 0 unspecified atom stereocenters. The van der Waals surface area contributed by atoms with E-state index in [4.69, 9.17) is 14.2 Å². The minimum Gasteiger partial charge on any atom is -0.493 e. The summed E-state index contributed by atoms with van der Waals surface area (Å²) in [6.07, 6.45) is 6.28. The Kier molecular flexibility index (Phi) is 7.06. The highest BCUT2D eigenvalue weighted by molar-refractivity contribution is 6.04. The molecule has 1 aliphatic heterocycles. The van der Waals surface area contributed by atoms with Gasteiger partial charge in [-0.25, -0.2) is 4.79 Å². The molecular formula is C28H37NO5. The Labute approximate surface area is 202 Å². The first-order valence-corrected chi connectivity index (χ1v) is 12.5. The van der Waals surface area contributed by atoms with E-state index in [0.717, 1.165) is 49.1 Å². The maximum Gasteiger partial charge on any atom is 0.337 e. The molecule has 1 fully saturated rings. The minimum absolute atomic E-state index is 0.0616. The third kappa shape index (κ3) is 4.86. The maximum atomic E-state index is 13.6. The highest BCUT2D eigenvalue weighted by Crippen LogP contribution is 2.48. The molecule has 1 saturated carbocycles. The van der Waals surface area contributed by atoms with E-state index in [1.165, 1.54) is 6.42 Å². The van der Waals surface area contributed by atoms with Gasteiger partial charge >= 0.3 is 5.97 Å². The third-order valence-electron chi connectivity index (χ3n) is 7.11. The molecule has 34 heavy (non-hydrogen) atoms. The van der Waals surface area contributed by atoms with Gasteiger partial charge in [0.05, 0.1) is 19.3 Å². The fourth-order valence-corrected chi connectivity index (χ4v) is 5.58. The van der Waals surface area contributed by atoms with Gasteiger partial charge in [0.1, 0.15) is 6.10 Å². The number of carbonyl (C=O) groups excluding carboxylic acids is 2. The lowest BCUT2D eigenvalue weighted by Crippen LogP contribution is -2.39. The number of ketones is 1. The number of dihydropyridines is 1. The first-order valence-electron chi connectivity index (χ1n) is 12.5. The second kappa shape index (κ2) is 9.85. The number of Topliss-reactive ketones (excluding diaryl/α,β-unsaturated/α-hetero) is 1. The van der Waals surface area contributed by atoms with Crippen LogP contribution >= 0.6 is 0 Å². The zero-order chi connectivity index (χ0) is 24.5. The van der Waals surface area contributed by atoms with Crippen LogP contribution in [0.5, 0.6) is 11.5 Å². The second-order valence-corrected chi connectivity index (χ2v) is 10.4. The fraction of sp³-hybridized carbons (Fsp3) is 0.571. The van der Waals surface area contributed by atoms with Gasteiger partial charge in [-0.2, -0.15) is 0 Å². The van der Waals surface area contributed by atoms with Gasteiger partial charge in [0.2, 0.25) is 0 Å². The van der Waals surface area contributed by atoms with Gasteiger partial charge in [0, 0.05) is 29.3 Å². The van der Waals surface area contributed by atoms with Crippen molar-refractivity contribution in [2.45, 2.75) is 84.7 Å². The molecule has 1 heterocycles. The zero-order valence-electron chi connectivity index (χ0n) is 21.1. The lowest BCUT2D eigenvalue weighted by molar-refractivity contribution is -0.146. The minimum atomic E-state index is -0.500. The summed E-state index contributed by atoms with van der Waals surface area (Å²) >= 11 is 0. The van der Waals surface area contributed by atoms with E-state index in [1.54, 1.807) is 7.11 Å². The Bertz CT molecular complexity index is 1030. The van der Waals surface area contributed by atoms with E-state index in [9.17, 15) is 9.59 Å². The fourth-order valence-electron chi connectivity index (χ4n) is 5.58. The Morgan fingerprint density at radius 2 is 1.85 bits per heavy atom. The SMILES string of the molecule is CCOc1ccc([C@H]2C(C(=O)OC3CCCCC3)=C(C)NC3=C2C(=O)CC(C)(C)C3)cc1OC. The Balaban J connectivity index is 1.79. The molecule has 0 bridgehead atoms. The van der Waals surface area contributed by atoms with Crippen molar-refractivity contribution in [2.75, 3.05) is 13.7 Å². The van der Waals surface area contributed by atoms with Gasteiger partial charge in [-0.3, -0.25) is 4.79 Å². The summed E-state index contributed by atoms with van der Waals surface area (Å²) in [5, 5.41) is 3.41. The summed E-state index contributed by atoms with van der Waals surface area (Å²) < 4.78 is 17.3. The van der Waals surface area contributed by atoms with E-state index in [0.29, 0.717) is 35.7 Å². The number of allylic oxidation sites excluding steroid dienone is 3. The van der Waals surface area contributed by atoms with Crippen molar-refractivity contribution in [1.82, 2.24) is 5.32 Å². The van der Waals surface area contributed by atoms with Crippen LogP contribution in [0.4, 0.5) is 0 Å². The van der Waals surface area contributed by atoms with Crippen LogP contribution in [0.25, 0.3) is 0 Å². The number of ether oxygens (including phenoxy) is 3. The largest absolute Gasteiger partial charge is 0.493 e. The predicted molar refractivity (Wildman–Crippen MR) is 131 cm³/mol. The van der Waals surface area contributed by atoms with E-state index >= 15 is 0 Å². The molecule has 0 amide bonds. The molecule has 1 aromatic carbocycles. The van der Waals surface area contributed by atoms with Crippen molar-refractivity contribution in [3.05, 3.63) is 46.3 Å². The molecule has 0 saturated heterocycles. The molecule has 2 aliphatic carbocycles. The first kappa shape index (κ1) is 24.4. The highest BCUT2D eigenvalue weighted by atomic mass is 16.5. The number of benzene rings is 1. The highest BCUT2D eigenvalue weighted by Gasteiger charge is 2.43. The Morgan fingerprint density at radius 3 is 2.53 bits per heavy atom. The van der Waals surface area contributed by atoms with E-state index < -0.39 is 5.92 Å². The monoisotopic (exact) mass is 467 g/mol. The van der Waals surface area contributed by atoms with Gasteiger partial charge in [-0.15, -0.1) is 0 Å². The normalized spacial score (nSPS) is 22.7. The number of nitrogens with one attached hydrogen (secondary N) is 1. The van der Waals surface area contributed by atoms with E-state index in [-0.39, 0.29) is 23.3 Å². The number of methoxy groups -OCH3 is 1. The molecule has 3 aliphatic rings. The van der Waals surface area contributed by atoms with Crippen LogP contribution in [0.1, 0.15) is 84.1 Å². The third-order valence-corrected chi connectivity index (χ3v) is 7.11. The zero-order valence-corrected chi connectivity index (χ0v) is 21.1. The number of hydrogen-bond donors (Lipinski definition) is 1.